The second-order valence-electron chi connectivity index (χ2n) is 5.66. The summed E-state index contributed by atoms with van der Waals surface area (Å²) in [5.41, 5.74) is 0.682. The summed E-state index contributed by atoms with van der Waals surface area (Å²) < 4.78 is 27.2. The molecule has 0 saturated carbocycles. The summed E-state index contributed by atoms with van der Waals surface area (Å²) in [6.07, 6.45) is 7.80. The first-order chi connectivity index (χ1) is 11.0. The molecule has 0 bridgehead atoms. The number of aromatic nitrogens is 3. The fraction of sp³-hybridized carbons (Fsp3) is 0.400. The Morgan fingerprint density at radius 1 is 1.22 bits per heavy atom. The van der Waals surface area contributed by atoms with Crippen molar-refractivity contribution in [1.29, 1.82) is 0 Å². The van der Waals surface area contributed by atoms with Gasteiger partial charge in [0.2, 0.25) is 10.0 Å². The first-order valence-electron chi connectivity index (χ1n) is 7.41. The molecule has 1 fully saturated rings. The molecule has 1 saturated heterocycles. The van der Waals surface area contributed by atoms with Gasteiger partial charge in [-0.05, 0) is 25.0 Å². The van der Waals surface area contributed by atoms with Crippen LogP contribution in [-0.4, -0.2) is 48.3 Å². The van der Waals surface area contributed by atoms with E-state index in [1.807, 2.05) is 19.0 Å². The van der Waals surface area contributed by atoms with E-state index in [1.165, 1.54) is 10.5 Å². The summed E-state index contributed by atoms with van der Waals surface area (Å²) in [5, 5.41) is 0. The fourth-order valence-corrected chi connectivity index (χ4v) is 4.34. The lowest BCUT2D eigenvalue weighted by atomic mass is 10.2. The summed E-state index contributed by atoms with van der Waals surface area (Å²) in [5.74, 6) is 0.716. The quantitative estimate of drug-likeness (QED) is 0.843. The summed E-state index contributed by atoms with van der Waals surface area (Å²) in [7, 11) is 0.183. The Morgan fingerprint density at radius 2 is 2.04 bits per heavy atom. The fourth-order valence-electron chi connectivity index (χ4n) is 2.70. The third-order valence-electron chi connectivity index (χ3n) is 3.88. The highest BCUT2D eigenvalue weighted by Gasteiger charge is 2.37. The van der Waals surface area contributed by atoms with Gasteiger partial charge < -0.3 is 4.90 Å². The second kappa shape index (κ2) is 6.21. The lowest BCUT2D eigenvalue weighted by Crippen LogP contribution is -2.31. The van der Waals surface area contributed by atoms with E-state index in [1.54, 1.807) is 30.7 Å². The zero-order valence-electron chi connectivity index (χ0n) is 13.1. The van der Waals surface area contributed by atoms with Crippen LogP contribution in [0.2, 0.25) is 0 Å². The van der Waals surface area contributed by atoms with Gasteiger partial charge in [-0.15, -0.1) is 0 Å². The molecule has 0 spiro atoms. The van der Waals surface area contributed by atoms with Gasteiger partial charge in [0.25, 0.3) is 0 Å². The van der Waals surface area contributed by atoms with E-state index in [2.05, 4.69) is 15.0 Å². The van der Waals surface area contributed by atoms with E-state index in [0.29, 0.717) is 18.1 Å². The second-order valence-corrected chi connectivity index (χ2v) is 7.55. The van der Waals surface area contributed by atoms with Gasteiger partial charge in [0.05, 0.1) is 24.1 Å². The summed E-state index contributed by atoms with van der Waals surface area (Å²) in [6.45, 7) is 0.482. The Balaban J connectivity index is 1.96. The maximum atomic E-state index is 12.9. The van der Waals surface area contributed by atoms with Crippen molar-refractivity contribution in [3.63, 3.8) is 0 Å². The highest BCUT2D eigenvalue weighted by Crippen LogP contribution is 2.35. The lowest BCUT2D eigenvalue weighted by molar-refractivity contribution is 0.389. The SMILES string of the molecule is CN(C)c1cncc([C@H]2CCCN2S(=O)(=O)c2cccnc2)n1. The molecule has 1 aliphatic heterocycles. The van der Waals surface area contributed by atoms with Crippen molar-refractivity contribution in [2.45, 2.75) is 23.8 Å². The molecule has 3 heterocycles. The molecule has 7 nitrogen and oxygen atoms in total. The van der Waals surface area contributed by atoms with Crippen LogP contribution >= 0.6 is 0 Å². The normalized spacial score (nSPS) is 19.0. The van der Waals surface area contributed by atoms with Gasteiger partial charge in [0.1, 0.15) is 10.7 Å². The minimum absolute atomic E-state index is 0.212. The molecule has 0 aliphatic carbocycles. The first-order valence-corrected chi connectivity index (χ1v) is 8.85. The number of hydrogen-bond donors (Lipinski definition) is 0. The zero-order valence-corrected chi connectivity index (χ0v) is 13.9. The number of sulfonamides is 1. The topological polar surface area (TPSA) is 79.3 Å². The van der Waals surface area contributed by atoms with Crippen LogP contribution in [0.4, 0.5) is 5.82 Å². The van der Waals surface area contributed by atoms with Crippen molar-refractivity contribution in [2.75, 3.05) is 25.5 Å². The van der Waals surface area contributed by atoms with Crippen LogP contribution in [0.1, 0.15) is 24.6 Å². The van der Waals surface area contributed by atoms with Crippen molar-refractivity contribution >= 4 is 15.8 Å². The Bertz CT molecular complexity index is 779. The molecule has 122 valence electrons. The van der Waals surface area contributed by atoms with Crippen molar-refractivity contribution < 1.29 is 8.42 Å². The molecule has 0 N–H and O–H groups in total. The molecular weight excluding hydrogens is 314 g/mol. The summed E-state index contributed by atoms with van der Waals surface area (Å²) in [4.78, 5) is 14.7. The minimum Gasteiger partial charge on any atom is -0.361 e. The first kappa shape index (κ1) is 15.8. The average Bonchev–Trinajstić information content (AvgIpc) is 3.06. The van der Waals surface area contributed by atoms with Gasteiger partial charge in [-0.3, -0.25) is 9.97 Å². The van der Waals surface area contributed by atoms with E-state index in [0.717, 1.165) is 12.8 Å². The lowest BCUT2D eigenvalue weighted by Gasteiger charge is -2.24. The maximum Gasteiger partial charge on any atom is 0.245 e. The van der Waals surface area contributed by atoms with E-state index in [9.17, 15) is 8.42 Å². The summed E-state index contributed by atoms with van der Waals surface area (Å²) >= 11 is 0. The van der Waals surface area contributed by atoms with E-state index in [-0.39, 0.29) is 10.9 Å². The van der Waals surface area contributed by atoms with Gasteiger partial charge in [0, 0.05) is 33.0 Å². The van der Waals surface area contributed by atoms with Crippen molar-refractivity contribution in [3.05, 3.63) is 42.6 Å². The minimum atomic E-state index is -3.58. The zero-order chi connectivity index (χ0) is 16.4. The molecule has 8 heteroatoms. The third-order valence-corrected chi connectivity index (χ3v) is 5.78. The molecule has 0 amide bonds. The molecule has 0 aromatic carbocycles. The van der Waals surface area contributed by atoms with Gasteiger partial charge in [-0.25, -0.2) is 13.4 Å². The Labute approximate surface area is 136 Å². The van der Waals surface area contributed by atoms with Crippen LogP contribution in [0.25, 0.3) is 0 Å². The van der Waals surface area contributed by atoms with Crippen LogP contribution in [0.3, 0.4) is 0 Å². The summed E-state index contributed by atoms with van der Waals surface area (Å²) in [6, 6.07) is 2.91. The van der Waals surface area contributed by atoms with Gasteiger partial charge in [0.15, 0.2) is 0 Å². The number of anilines is 1. The van der Waals surface area contributed by atoms with Gasteiger partial charge in [-0.1, -0.05) is 0 Å². The highest BCUT2D eigenvalue weighted by atomic mass is 32.2. The monoisotopic (exact) mass is 333 g/mol. The van der Waals surface area contributed by atoms with Gasteiger partial charge in [-0.2, -0.15) is 4.31 Å². The molecule has 0 radical (unpaired) electrons. The molecule has 2 aromatic heterocycles. The molecular formula is C15H19N5O2S. The molecule has 1 atom stereocenters. The number of rotatable bonds is 4. The molecule has 0 unspecified atom stereocenters. The highest BCUT2D eigenvalue weighted by molar-refractivity contribution is 7.89. The van der Waals surface area contributed by atoms with Crippen LogP contribution in [0, 0.1) is 0 Å². The Kier molecular flexibility index (Phi) is 4.27. The standard InChI is InChI=1S/C15H19N5O2S/c1-19(2)15-11-17-10-13(18-15)14-6-4-8-20(14)23(21,22)12-5-3-7-16-9-12/h3,5,7,9-11,14H,4,6,8H2,1-2H3/t14-/m1/s1. The number of nitrogens with zero attached hydrogens (tertiary/aromatic N) is 5. The van der Waals surface area contributed by atoms with Crippen molar-refractivity contribution in [3.8, 4) is 0 Å². The van der Waals surface area contributed by atoms with Crippen LogP contribution < -0.4 is 4.90 Å². The van der Waals surface area contributed by atoms with Crippen molar-refractivity contribution in [2.24, 2.45) is 0 Å². The van der Waals surface area contributed by atoms with E-state index < -0.39 is 10.0 Å². The van der Waals surface area contributed by atoms with Crippen LogP contribution in [-0.2, 0) is 10.0 Å². The van der Waals surface area contributed by atoms with E-state index in [4.69, 9.17) is 0 Å². The van der Waals surface area contributed by atoms with Crippen molar-refractivity contribution in [1.82, 2.24) is 19.3 Å². The predicted molar refractivity (Wildman–Crippen MR) is 86.5 cm³/mol. The Hall–Kier alpha value is -2.06. The molecule has 23 heavy (non-hydrogen) atoms. The third kappa shape index (κ3) is 3.04. The van der Waals surface area contributed by atoms with Crippen LogP contribution in [0.5, 0.6) is 0 Å². The van der Waals surface area contributed by atoms with Crippen LogP contribution in [0.15, 0.2) is 41.8 Å². The predicted octanol–water partition coefficient (Wildman–Crippen LogP) is 1.46. The molecule has 3 rings (SSSR count). The van der Waals surface area contributed by atoms with E-state index >= 15 is 0 Å². The average molecular weight is 333 g/mol. The smallest absolute Gasteiger partial charge is 0.245 e. The number of hydrogen-bond acceptors (Lipinski definition) is 6. The largest absolute Gasteiger partial charge is 0.361 e. The maximum absolute atomic E-state index is 12.9. The molecule has 1 aliphatic rings. The molecule has 2 aromatic rings. The Morgan fingerprint density at radius 3 is 2.74 bits per heavy atom. The van der Waals surface area contributed by atoms with Gasteiger partial charge >= 0.3 is 0 Å². The number of pyridine rings is 1.